The van der Waals surface area contributed by atoms with Gasteiger partial charge in [0.05, 0.1) is 39.1 Å². The van der Waals surface area contributed by atoms with Crippen molar-refractivity contribution >= 4 is 23.6 Å². The van der Waals surface area contributed by atoms with E-state index in [1.54, 1.807) is 14.1 Å². The van der Waals surface area contributed by atoms with Gasteiger partial charge in [0.1, 0.15) is 0 Å². The third-order valence-corrected chi connectivity index (χ3v) is 3.70. The molecule has 0 spiro atoms. The number of alkyl halides is 3. The van der Waals surface area contributed by atoms with Crippen LogP contribution in [0.15, 0.2) is 0 Å². The molecule has 2 nitrogen and oxygen atoms in total. The van der Waals surface area contributed by atoms with Crippen LogP contribution in [0.5, 0.6) is 0 Å². The van der Waals surface area contributed by atoms with Crippen molar-refractivity contribution in [1.29, 1.82) is 0 Å². The first kappa shape index (κ1) is 17.3. The Balaban J connectivity index is 4.19. The largest absolute Gasteiger partial charge is 0.394 e. The van der Waals surface area contributed by atoms with Gasteiger partial charge in [0.25, 0.3) is 0 Å². The molecule has 0 radical (unpaired) electrons. The third-order valence-electron chi connectivity index (χ3n) is 2.79. The molecule has 0 atom stereocenters. The molecule has 17 heavy (non-hydrogen) atoms. The van der Waals surface area contributed by atoms with Crippen LogP contribution in [0, 0.1) is 0 Å². The molecule has 7 heteroatoms. The Kier molecular flexibility index (Phi) is 6.06. The molecule has 0 aromatic heterocycles. The van der Waals surface area contributed by atoms with Crippen molar-refractivity contribution in [2.45, 2.75) is 38.4 Å². The Morgan fingerprint density at radius 1 is 1.00 bits per heavy atom. The van der Waals surface area contributed by atoms with Gasteiger partial charge in [-0.15, -0.1) is 3.94 Å². The molecule has 0 aliphatic heterocycles. The van der Waals surface area contributed by atoms with Crippen LogP contribution < -0.4 is 0 Å². The van der Waals surface area contributed by atoms with E-state index in [9.17, 15) is 13.2 Å². The van der Waals surface area contributed by atoms with E-state index in [0.29, 0.717) is 17.4 Å². The van der Waals surface area contributed by atoms with E-state index in [4.69, 9.17) is 23.6 Å². The lowest BCUT2D eigenvalue weighted by Crippen LogP contribution is -2.46. The molecule has 0 heterocycles. The molecule has 0 saturated carbocycles. The molecule has 0 aromatic rings. The molecule has 0 saturated heterocycles. The van der Waals surface area contributed by atoms with Crippen molar-refractivity contribution in [3.63, 3.8) is 0 Å². The SMILES string of the molecule is CC(C)(CC[N+](C)(C)CCC(F)(F)F)N(Cl)Cl. The fraction of sp³-hybridized carbons (Fsp3) is 1.00. The second kappa shape index (κ2) is 5.95. The molecule has 0 fully saturated rings. The molecule has 0 aromatic carbocycles. The second-order valence-electron chi connectivity index (χ2n) is 5.54. The van der Waals surface area contributed by atoms with E-state index >= 15 is 0 Å². The zero-order valence-electron chi connectivity index (χ0n) is 10.6. The van der Waals surface area contributed by atoms with Gasteiger partial charge in [-0.1, -0.05) is 0 Å². The minimum atomic E-state index is -4.10. The molecular formula is C10H20Cl2F3N2+. The molecule has 104 valence electrons. The van der Waals surface area contributed by atoms with Crippen molar-refractivity contribution in [3.8, 4) is 0 Å². The summed E-state index contributed by atoms with van der Waals surface area (Å²) in [6.45, 7) is 4.33. The van der Waals surface area contributed by atoms with Crippen molar-refractivity contribution in [3.05, 3.63) is 0 Å². The second-order valence-corrected chi connectivity index (χ2v) is 6.39. The summed E-state index contributed by atoms with van der Waals surface area (Å²) < 4.78 is 37.7. The number of rotatable bonds is 6. The van der Waals surface area contributed by atoms with Crippen LogP contribution in [0.25, 0.3) is 0 Å². The summed E-state index contributed by atoms with van der Waals surface area (Å²) in [7, 11) is 3.54. The lowest BCUT2D eigenvalue weighted by molar-refractivity contribution is -0.892. The maximum absolute atomic E-state index is 12.1. The maximum Gasteiger partial charge on any atom is 0.394 e. The van der Waals surface area contributed by atoms with Crippen LogP contribution in [0.1, 0.15) is 26.7 Å². The van der Waals surface area contributed by atoms with Gasteiger partial charge in [0.15, 0.2) is 0 Å². The topological polar surface area (TPSA) is 3.24 Å². The van der Waals surface area contributed by atoms with Gasteiger partial charge in [-0.2, -0.15) is 13.2 Å². The predicted molar refractivity (Wildman–Crippen MR) is 64.8 cm³/mol. The van der Waals surface area contributed by atoms with E-state index in [0.717, 1.165) is 3.94 Å². The zero-order valence-corrected chi connectivity index (χ0v) is 12.1. The fourth-order valence-electron chi connectivity index (χ4n) is 1.20. The summed E-state index contributed by atoms with van der Waals surface area (Å²) in [5.74, 6) is 0. The van der Waals surface area contributed by atoms with Crippen molar-refractivity contribution in [2.75, 3.05) is 27.2 Å². The average Bonchev–Trinajstić information content (AvgIpc) is 2.11. The summed E-state index contributed by atoms with van der Waals surface area (Å²) in [5, 5.41) is 0. The van der Waals surface area contributed by atoms with Gasteiger partial charge in [-0.25, -0.2) is 0 Å². The summed E-state index contributed by atoms with van der Waals surface area (Å²) in [4.78, 5) is 0. The quantitative estimate of drug-likeness (QED) is 0.532. The normalized spacial score (nSPS) is 14.5. The van der Waals surface area contributed by atoms with Crippen molar-refractivity contribution in [2.24, 2.45) is 0 Å². The van der Waals surface area contributed by atoms with Gasteiger partial charge in [-0.3, -0.25) is 0 Å². The van der Waals surface area contributed by atoms with E-state index in [2.05, 4.69) is 0 Å². The Morgan fingerprint density at radius 3 is 1.76 bits per heavy atom. The summed E-state index contributed by atoms with van der Waals surface area (Å²) >= 11 is 11.3. The smallest absolute Gasteiger partial charge is 0.328 e. The summed E-state index contributed by atoms with van der Waals surface area (Å²) in [6.07, 6.45) is -4.26. The minimum absolute atomic E-state index is 0.0597. The van der Waals surface area contributed by atoms with Crippen molar-refractivity contribution in [1.82, 2.24) is 3.94 Å². The molecule has 0 aliphatic carbocycles. The highest BCUT2D eigenvalue weighted by Crippen LogP contribution is 2.26. The molecule has 0 amide bonds. The highest BCUT2D eigenvalue weighted by atomic mass is 35.5. The van der Waals surface area contributed by atoms with Gasteiger partial charge in [0.2, 0.25) is 0 Å². The lowest BCUT2D eigenvalue weighted by atomic mass is 10.0. The number of hydrogen-bond donors (Lipinski definition) is 0. The summed E-state index contributed by atoms with van der Waals surface area (Å²) in [6, 6.07) is 0. The molecule has 0 bridgehead atoms. The minimum Gasteiger partial charge on any atom is -0.328 e. The number of nitrogens with zero attached hydrogens (tertiary/aromatic N) is 2. The predicted octanol–water partition coefficient (Wildman–Crippen LogP) is 3.79. The highest BCUT2D eigenvalue weighted by Gasteiger charge is 2.33. The van der Waals surface area contributed by atoms with E-state index < -0.39 is 18.1 Å². The summed E-state index contributed by atoms with van der Waals surface area (Å²) in [5.41, 5.74) is -0.448. The zero-order chi connectivity index (χ0) is 13.9. The molecule has 0 rings (SSSR count). The molecule has 0 aliphatic rings. The van der Waals surface area contributed by atoms with Gasteiger partial charge >= 0.3 is 6.18 Å². The standard InChI is InChI=1S/C10H20Cl2F3N2/c1-9(2,16(11)12)5-7-17(3,4)8-6-10(13,14)15/h5-8H2,1-4H3/q+1. The number of halogens is 5. The van der Waals surface area contributed by atoms with E-state index in [-0.39, 0.29) is 6.54 Å². The van der Waals surface area contributed by atoms with Crippen LogP contribution in [0.3, 0.4) is 0 Å². The van der Waals surface area contributed by atoms with Gasteiger partial charge in [-0.05, 0) is 37.4 Å². The highest BCUT2D eigenvalue weighted by molar-refractivity contribution is 6.34. The molecule has 0 N–H and O–H groups in total. The van der Waals surface area contributed by atoms with Gasteiger partial charge in [0, 0.05) is 6.42 Å². The average molecular weight is 296 g/mol. The van der Waals surface area contributed by atoms with Crippen LogP contribution >= 0.6 is 23.6 Å². The van der Waals surface area contributed by atoms with E-state index in [1.165, 1.54) is 0 Å². The Bertz CT molecular complexity index is 240. The maximum atomic E-state index is 12.1. The molecule has 0 unspecified atom stereocenters. The first-order valence-electron chi connectivity index (χ1n) is 5.36. The van der Waals surface area contributed by atoms with Crippen LogP contribution in [0.4, 0.5) is 13.2 Å². The first-order valence-corrected chi connectivity index (χ1v) is 6.04. The van der Waals surface area contributed by atoms with Gasteiger partial charge < -0.3 is 4.48 Å². The molecular weight excluding hydrogens is 276 g/mol. The van der Waals surface area contributed by atoms with Crippen LogP contribution in [0.2, 0.25) is 0 Å². The fourth-order valence-corrected chi connectivity index (χ4v) is 1.37. The monoisotopic (exact) mass is 295 g/mol. The number of quaternary nitrogens is 1. The lowest BCUT2D eigenvalue weighted by Gasteiger charge is -2.35. The van der Waals surface area contributed by atoms with Crippen LogP contribution in [-0.4, -0.2) is 47.3 Å². The Morgan fingerprint density at radius 2 is 1.41 bits per heavy atom. The third kappa shape index (κ3) is 8.08. The van der Waals surface area contributed by atoms with E-state index in [1.807, 2.05) is 13.8 Å². The Labute approximate surface area is 111 Å². The Hall–Kier alpha value is 0.290. The number of hydrogen-bond acceptors (Lipinski definition) is 1. The van der Waals surface area contributed by atoms with Crippen LogP contribution in [-0.2, 0) is 0 Å². The first-order chi connectivity index (χ1) is 7.36. The van der Waals surface area contributed by atoms with Crippen molar-refractivity contribution < 1.29 is 17.7 Å².